The third-order valence-corrected chi connectivity index (χ3v) is 6.31. The van der Waals surface area contributed by atoms with E-state index in [1.807, 2.05) is 4.90 Å². The summed E-state index contributed by atoms with van der Waals surface area (Å²) < 4.78 is 25.1. The standard InChI is InChI=1S/C14H21ClN2O4S/c1-16(2)22(20,21)9-11-7-17(8-13(11)19)6-10-4-3-5-12(18)14(10)15/h3-5,11,13,18-19H,6-9H2,1-2H3/t11-,13-/m0/s1. The highest BCUT2D eigenvalue weighted by atomic mass is 35.5. The van der Waals surface area contributed by atoms with Gasteiger partial charge in [0.15, 0.2) is 0 Å². The van der Waals surface area contributed by atoms with Gasteiger partial charge >= 0.3 is 0 Å². The van der Waals surface area contributed by atoms with Crippen LogP contribution in [0.5, 0.6) is 5.75 Å². The van der Waals surface area contributed by atoms with Gasteiger partial charge in [-0.05, 0) is 11.6 Å². The number of halogens is 1. The summed E-state index contributed by atoms with van der Waals surface area (Å²) >= 11 is 6.05. The largest absolute Gasteiger partial charge is 0.506 e. The summed E-state index contributed by atoms with van der Waals surface area (Å²) in [5.74, 6) is -0.389. The van der Waals surface area contributed by atoms with Crippen molar-refractivity contribution in [1.29, 1.82) is 0 Å². The number of hydrogen-bond donors (Lipinski definition) is 2. The van der Waals surface area contributed by atoms with Gasteiger partial charge in [0.25, 0.3) is 0 Å². The molecule has 2 rings (SSSR count). The van der Waals surface area contributed by atoms with E-state index >= 15 is 0 Å². The molecule has 8 heteroatoms. The average molecular weight is 349 g/mol. The Morgan fingerprint density at radius 3 is 2.68 bits per heavy atom. The summed E-state index contributed by atoms with van der Waals surface area (Å²) in [7, 11) is -0.371. The second kappa shape index (κ2) is 6.72. The van der Waals surface area contributed by atoms with Crippen LogP contribution in [0.2, 0.25) is 5.02 Å². The van der Waals surface area contributed by atoms with E-state index in [1.165, 1.54) is 24.5 Å². The number of hydrogen-bond acceptors (Lipinski definition) is 5. The minimum Gasteiger partial charge on any atom is -0.506 e. The number of sulfonamides is 1. The third kappa shape index (κ3) is 3.91. The number of nitrogens with zero attached hydrogens (tertiary/aromatic N) is 2. The minimum absolute atomic E-state index is 0.0191. The van der Waals surface area contributed by atoms with Gasteiger partial charge in [0.1, 0.15) is 5.75 Å². The molecule has 0 unspecified atom stereocenters. The molecule has 1 fully saturated rings. The number of β-amino-alcohol motifs (C(OH)–C–C–N with tert-alkyl or cyclic N) is 1. The normalized spacial score (nSPS) is 23.3. The Hall–Kier alpha value is -0.860. The van der Waals surface area contributed by atoms with Crippen LogP contribution < -0.4 is 0 Å². The molecule has 0 spiro atoms. The number of likely N-dealkylation sites (tertiary alicyclic amines) is 1. The van der Waals surface area contributed by atoms with Crippen LogP contribution in [0.4, 0.5) is 0 Å². The number of aliphatic hydroxyl groups excluding tert-OH is 1. The lowest BCUT2D eigenvalue weighted by Gasteiger charge is -2.18. The Morgan fingerprint density at radius 2 is 2.05 bits per heavy atom. The summed E-state index contributed by atoms with van der Waals surface area (Å²) in [5.41, 5.74) is 0.755. The lowest BCUT2D eigenvalue weighted by molar-refractivity contribution is 0.148. The topological polar surface area (TPSA) is 81.1 Å². The van der Waals surface area contributed by atoms with Gasteiger partial charge < -0.3 is 10.2 Å². The molecule has 1 aromatic rings. The predicted octanol–water partition coefficient (Wildman–Crippen LogP) is 0.730. The fourth-order valence-electron chi connectivity index (χ4n) is 2.58. The Labute approximate surface area is 136 Å². The summed E-state index contributed by atoms with van der Waals surface area (Å²) in [6.07, 6.45) is -0.689. The zero-order valence-corrected chi connectivity index (χ0v) is 14.2. The average Bonchev–Trinajstić information content (AvgIpc) is 2.74. The number of benzene rings is 1. The maximum absolute atomic E-state index is 11.9. The smallest absolute Gasteiger partial charge is 0.214 e. The van der Waals surface area contributed by atoms with Crippen LogP contribution in [0.25, 0.3) is 0 Å². The molecule has 1 aromatic carbocycles. The molecule has 0 saturated carbocycles. The van der Waals surface area contributed by atoms with Crippen molar-refractivity contribution in [2.45, 2.75) is 12.6 Å². The fourth-order valence-corrected chi connectivity index (χ4v) is 3.94. The van der Waals surface area contributed by atoms with E-state index in [2.05, 4.69) is 0 Å². The first-order valence-corrected chi connectivity index (χ1v) is 8.96. The van der Waals surface area contributed by atoms with E-state index in [4.69, 9.17) is 11.6 Å². The predicted molar refractivity (Wildman–Crippen MR) is 85.4 cm³/mol. The van der Waals surface area contributed by atoms with Crippen LogP contribution >= 0.6 is 11.6 Å². The highest BCUT2D eigenvalue weighted by molar-refractivity contribution is 7.89. The molecule has 1 aliphatic heterocycles. The van der Waals surface area contributed by atoms with Crippen molar-refractivity contribution < 1.29 is 18.6 Å². The Bertz CT molecular complexity index is 636. The first-order valence-electron chi connectivity index (χ1n) is 6.97. The molecule has 0 amide bonds. The van der Waals surface area contributed by atoms with Gasteiger partial charge in [-0.25, -0.2) is 12.7 Å². The van der Waals surface area contributed by atoms with Crippen molar-refractivity contribution in [3.05, 3.63) is 28.8 Å². The van der Waals surface area contributed by atoms with Crippen molar-refractivity contribution in [2.24, 2.45) is 5.92 Å². The molecule has 22 heavy (non-hydrogen) atoms. The van der Waals surface area contributed by atoms with Gasteiger partial charge in [-0.15, -0.1) is 0 Å². The van der Waals surface area contributed by atoms with Crippen molar-refractivity contribution in [2.75, 3.05) is 32.9 Å². The van der Waals surface area contributed by atoms with Crippen LogP contribution in [-0.4, -0.2) is 66.9 Å². The van der Waals surface area contributed by atoms with Crippen LogP contribution in [0.3, 0.4) is 0 Å². The third-order valence-electron chi connectivity index (χ3n) is 3.92. The first kappa shape index (κ1) is 17.5. The molecular weight excluding hydrogens is 328 g/mol. The molecule has 0 aromatic heterocycles. The molecule has 1 saturated heterocycles. The van der Waals surface area contributed by atoms with E-state index in [0.717, 1.165) is 5.56 Å². The Kier molecular flexibility index (Phi) is 5.34. The van der Waals surface area contributed by atoms with Crippen molar-refractivity contribution in [1.82, 2.24) is 9.21 Å². The fraction of sp³-hybridized carbons (Fsp3) is 0.571. The lowest BCUT2D eigenvalue weighted by Crippen LogP contribution is -2.33. The molecular formula is C14H21ClN2O4S. The molecule has 0 bridgehead atoms. The van der Waals surface area contributed by atoms with E-state index in [1.54, 1.807) is 12.1 Å². The lowest BCUT2D eigenvalue weighted by atomic mass is 10.1. The number of phenolic OH excluding ortho intramolecular Hbond substituents is 1. The molecule has 1 aliphatic rings. The van der Waals surface area contributed by atoms with Gasteiger partial charge in [0.05, 0.1) is 16.9 Å². The van der Waals surface area contributed by atoms with E-state index < -0.39 is 16.1 Å². The summed E-state index contributed by atoms with van der Waals surface area (Å²) in [4.78, 5) is 1.95. The monoisotopic (exact) mass is 348 g/mol. The SMILES string of the molecule is CN(C)S(=O)(=O)C[C@@H]1CN(Cc2cccc(O)c2Cl)C[C@@H]1O. The second-order valence-corrected chi connectivity index (χ2v) is 8.44. The highest BCUT2D eigenvalue weighted by Crippen LogP contribution is 2.29. The van der Waals surface area contributed by atoms with Gasteiger partial charge in [0.2, 0.25) is 10.0 Å². The Morgan fingerprint density at radius 1 is 1.36 bits per heavy atom. The Balaban J connectivity index is 2.03. The molecule has 0 radical (unpaired) electrons. The number of aromatic hydroxyl groups is 1. The molecule has 2 atom stereocenters. The summed E-state index contributed by atoms with van der Waals surface area (Å²) in [5, 5.41) is 20.0. The highest BCUT2D eigenvalue weighted by Gasteiger charge is 2.35. The van der Waals surface area contributed by atoms with E-state index in [-0.39, 0.29) is 17.4 Å². The van der Waals surface area contributed by atoms with Crippen molar-refractivity contribution >= 4 is 21.6 Å². The second-order valence-electron chi connectivity index (χ2n) is 5.83. The van der Waals surface area contributed by atoms with Crippen LogP contribution in [0.15, 0.2) is 18.2 Å². The minimum atomic E-state index is -3.35. The molecule has 124 valence electrons. The van der Waals surface area contributed by atoms with Gasteiger partial charge in [-0.2, -0.15) is 0 Å². The van der Waals surface area contributed by atoms with Crippen LogP contribution in [0, 0.1) is 5.92 Å². The van der Waals surface area contributed by atoms with Gasteiger partial charge in [-0.1, -0.05) is 23.7 Å². The zero-order valence-electron chi connectivity index (χ0n) is 12.6. The molecule has 1 heterocycles. The van der Waals surface area contributed by atoms with Crippen LogP contribution in [-0.2, 0) is 16.6 Å². The maximum Gasteiger partial charge on any atom is 0.214 e. The van der Waals surface area contributed by atoms with Crippen molar-refractivity contribution in [3.8, 4) is 5.75 Å². The van der Waals surface area contributed by atoms with Gasteiger partial charge in [0, 0.05) is 39.6 Å². The molecule has 6 nitrogen and oxygen atoms in total. The van der Waals surface area contributed by atoms with Crippen molar-refractivity contribution in [3.63, 3.8) is 0 Å². The molecule has 2 N–H and O–H groups in total. The van der Waals surface area contributed by atoms with Crippen LogP contribution in [0.1, 0.15) is 5.56 Å². The number of phenols is 1. The summed E-state index contributed by atoms with van der Waals surface area (Å²) in [6, 6.07) is 5.02. The first-order chi connectivity index (χ1) is 10.2. The number of rotatable bonds is 5. The van der Waals surface area contributed by atoms with Gasteiger partial charge in [-0.3, -0.25) is 4.90 Å². The van der Waals surface area contributed by atoms with E-state index in [0.29, 0.717) is 24.7 Å². The zero-order chi connectivity index (χ0) is 16.5. The quantitative estimate of drug-likeness (QED) is 0.820. The van der Waals surface area contributed by atoms with E-state index in [9.17, 15) is 18.6 Å². The number of aliphatic hydroxyl groups is 1. The maximum atomic E-state index is 11.9. The molecule has 0 aliphatic carbocycles. The summed E-state index contributed by atoms with van der Waals surface area (Å²) in [6.45, 7) is 1.32.